The van der Waals surface area contributed by atoms with Crippen LogP contribution in [0.5, 0.6) is 0 Å². The van der Waals surface area contributed by atoms with Crippen molar-refractivity contribution in [2.45, 2.75) is 0 Å². The number of benzene rings is 2. The Kier molecular flexibility index (Phi) is 3.14. The fourth-order valence-electron chi connectivity index (χ4n) is 1.80. The van der Waals surface area contributed by atoms with Crippen LogP contribution in [-0.4, -0.2) is 0 Å². The monoisotopic (exact) mass is 480 g/mol. The molecule has 0 saturated carbocycles. The number of para-hydroxylation sites is 1. The Labute approximate surface area is 131 Å². The maximum absolute atomic E-state index is 5.91. The van der Waals surface area contributed by atoms with Gasteiger partial charge in [-0.3, -0.25) is 0 Å². The zero-order valence-corrected chi connectivity index (χ0v) is 14.6. The third-order valence-corrected chi connectivity index (χ3v) is 6.47. The summed E-state index contributed by atoms with van der Waals surface area (Å²) in [6.07, 6.45) is 0. The van der Waals surface area contributed by atoms with Crippen LogP contribution in [0.4, 0.5) is 0 Å². The van der Waals surface area contributed by atoms with Crippen LogP contribution in [0.25, 0.3) is 21.9 Å². The highest BCUT2D eigenvalue weighted by Gasteiger charge is 2.15. The van der Waals surface area contributed by atoms with Gasteiger partial charge < -0.3 is 4.42 Å². The van der Waals surface area contributed by atoms with Gasteiger partial charge in [-0.25, -0.2) is 0 Å². The van der Waals surface area contributed by atoms with E-state index >= 15 is 0 Å². The van der Waals surface area contributed by atoms with Crippen molar-refractivity contribution < 1.29 is 4.42 Å². The van der Waals surface area contributed by atoms with Crippen molar-refractivity contribution in [1.82, 2.24) is 0 Å². The maximum Gasteiger partial charge on any atom is 0.150 e. The third kappa shape index (κ3) is 1.82. The summed E-state index contributed by atoms with van der Waals surface area (Å²) in [5, 5.41) is 2.19. The lowest BCUT2D eigenvalue weighted by Gasteiger charge is -1.99. The van der Waals surface area contributed by atoms with E-state index in [1.807, 2.05) is 12.1 Å². The van der Waals surface area contributed by atoms with Crippen molar-refractivity contribution in [2.24, 2.45) is 0 Å². The zero-order chi connectivity index (χ0) is 12.2. The van der Waals surface area contributed by atoms with Crippen molar-refractivity contribution in [1.29, 1.82) is 0 Å². The molecule has 86 valence electrons. The molecule has 2 aromatic carbocycles. The standard InChI is InChI=1S/C12H4Br4O/c13-7-3-1-2-5-6-4-8(14)9(15)10(16)12(6)17-11(5)7/h1-4H. The van der Waals surface area contributed by atoms with Gasteiger partial charge in [0.1, 0.15) is 5.58 Å². The van der Waals surface area contributed by atoms with E-state index in [4.69, 9.17) is 4.42 Å². The molecule has 0 aliphatic carbocycles. The number of halogens is 4. The second-order valence-electron chi connectivity index (χ2n) is 3.58. The minimum atomic E-state index is 0.849. The molecule has 5 heteroatoms. The van der Waals surface area contributed by atoms with Gasteiger partial charge in [0.2, 0.25) is 0 Å². The van der Waals surface area contributed by atoms with Crippen molar-refractivity contribution >= 4 is 85.7 Å². The van der Waals surface area contributed by atoms with Crippen molar-refractivity contribution in [2.75, 3.05) is 0 Å². The van der Waals surface area contributed by atoms with E-state index in [1.54, 1.807) is 0 Å². The first-order valence-corrected chi connectivity index (χ1v) is 7.91. The molecule has 0 N–H and O–H groups in total. The molecule has 0 saturated heterocycles. The number of fused-ring (bicyclic) bond motifs is 3. The fourth-order valence-corrected chi connectivity index (χ4v) is 3.75. The maximum atomic E-state index is 5.91. The van der Waals surface area contributed by atoms with Gasteiger partial charge in [-0.1, -0.05) is 12.1 Å². The minimum absolute atomic E-state index is 0.849. The molecular weight excluding hydrogens is 480 g/mol. The quantitative estimate of drug-likeness (QED) is 0.327. The van der Waals surface area contributed by atoms with Gasteiger partial charge in [0.15, 0.2) is 5.58 Å². The van der Waals surface area contributed by atoms with E-state index in [2.05, 4.69) is 75.9 Å². The predicted molar refractivity (Wildman–Crippen MR) is 84.5 cm³/mol. The molecule has 0 radical (unpaired) electrons. The largest absolute Gasteiger partial charge is 0.454 e. The van der Waals surface area contributed by atoms with Crippen molar-refractivity contribution in [3.05, 3.63) is 42.2 Å². The van der Waals surface area contributed by atoms with Crippen LogP contribution in [0.15, 0.2) is 46.6 Å². The smallest absolute Gasteiger partial charge is 0.150 e. The Morgan fingerprint density at radius 2 is 1.53 bits per heavy atom. The summed E-state index contributed by atoms with van der Waals surface area (Å²) in [7, 11) is 0. The lowest BCUT2D eigenvalue weighted by Crippen LogP contribution is -1.74. The lowest BCUT2D eigenvalue weighted by atomic mass is 10.1. The van der Waals surface area contributed by atoms with E-state index in [0.717, 1.165) is 39.8 Å². The van der Waals surface area contributed by atoms with E-state index in [1.165, 1.54) is 0 Å². The molecular formula is C12H4Br4O. The Balaban J connectivity index is 2.61. The highest BCUT2D eigenvalue weighted by Crippen LogP contribution is 2.42. The van der Waals surface area contributed by atoms with Crippen LogP contribution in [0, 0.1) is 0 Å². The van der Waals surface area contributed by atoms with Crippen LogP contribution in [0.3, 0.4) is 0 Å². The highest BCUT2D eigenvalue weighted by atomic mass is 79.9. The number of hydrogen-bond acceptors (Lipinski definition) is 1. The summed E-state index contributed by atoms with van der Waals surface area (Å²) in [4.78, 5) is 0. The normalized spacial score (nSPS) is 11.5. The molecule has 1 heterocycles. The molecule has 0 aliphatic rings. The van der Waals surface area contributed by atoms with Crippen LogP contribution >= 0.6 is 63.7 Å². The second kappa shape index (κ2) is 4.37. The van der Waals surface area contributed by atoms with E-state index in [-0.39, 0.29) is 0 Å². The topological polar surface area (TPSA) is 13.1 Å². The number of furan rings is 1. The predicted octanol–water partition coefficient (Wildman–Crippen LogP) is 6.64. The van der Waals surface area contributed by atoms with Gasteiger partial charge in [0.05, 0.1) is 8.95 Å². The van der Waals surface area contributed by atoms with Crippen molar-refractivity contribution in [3.8, 4) is 0 Å². The van der Waals surface area contributed by atoms with E-state index in [9.17, 15) is 0 Å². The molecule has 1 aromatic heterocycles. The molecule has 3 rings (SSSR count). The first-order valence-electron chi connectivity index (χ1n) is 4.74. The minimum Gasteiger partial charge on any atom is -0.454 e. The molecule has 0 spiro atoms. The number of hydrogen-bond donors (Lipinski definition) is 0. The Morgan fingerprint density at radius 3 is 2.29 bits per heavy atom. The van der Waals surface area contributed by atoms with E-state index in [0.29, 0.717) is 0 Å². The first kappa shape index (κ1) is 12.2. The average molecular weight is 484 g/mol. The van der Waals surface area contributed by atoms with Crippen LogP contribution in [0.1, 0.15) is 0 Å². The molecule has 0 fully saturated rings. The summed E-state index contributed by atoms with van der Waals surface area (Å²) in [6, 6.07) is 8.09. The Bertz CT molecular complexity index is 745. The molecule has 1 nitrogen and oxygen atoms in total. The van der Waals surface area contributed by atoms with Crippen LogP contribution in [-0.2, 0) is 0 Å². The summed E-state index contributed by atoms with van der Waals surface area (Å²) < 4.78 is 9.75. The zero-order valence-electron chi connectivity index (χ0n) is 8.23. The fraction of sp³-hybridized carbons (Fsp3) is 0. The third-order valence-electron chi connectivity index (χ3n) is 2.58. The molecule has 3 aromatic rings. The van der Waals surface area contributed by atoms with Gasteiger partial charge in [-0.2, -0.15) is 0 Å². The average Bonchev–Trinajstić information content (AvgIpc) is 2.67. The van der Waals surface area contributed by atoms with Gasteiger partial charge in [-0.05, 0) is 75.9 Å². The molecule has 0 aliphatic heterocycles. The summed E-state index contributed by atoms with van der Waals surface area (Å²) >= 11 is 14.1. The molecule has 17 heavy (non-hydrogen) atoms. The molecule has 0 bridgehead atoms. The molecule has 0 unspecified atom stereocenters. The second-order valence-corrected chi connectivity index (χ2v) is 6.88. The number of rotatable bonds is 0. The summed E-state index contributed by atoms with van der Waals surface area (Å²) in [5.41, 5.74) is 1.72. The summed E-state index contributed by atoms with van der Waals surface area (Å²) in [6.45, 7) is 0. The highest BCUT2D eigenvalue weighted by molar-refractivity contribution is 9.14. The van der Waals surface area contributed by atoms with Crippen molar-refractivity contribution in [3.63, 3.8) is 0 Å². The Hall–Kier alpha value is 0.160. The molecule has 0 amide bonds. The van der Waals surface area contributed by atoms with Gasteiger partial charge in [0, 0.05) is 19.7 Å². The van der Waals surface area contributed by atoms with Gasteiger partial charge in [0.25, 0.3) is 0 Å². The SMILES string of the molecule is Brc1cc2c(oc3c(Br)cccc32)c(Br)c1Br. The van der Waals surface area contributed by atoms with Gasteiger partial charge in [-0.15, -0.1) is 0 Å². The van der Waals surface area contributed by atoms with Crippen LogP contribution in [0.2, 0.25) is 0 Å². The summed E-state index contributed by atoms with van der Waals surface area (Å²) in [5.74, 6) is 0. The van der Waals surface area contributed by atoms with Crippen LogP contribution < -0.4 is 0 Å². The first-order chi connectivity index (χ1) is 8.09. The lowest BCUT2D eigenvalue weighted by molar-refractivity contribution is 0.664. The Morgan fingerprint density at radius 1 is 0.765 bits per heavy atom. The van der Waals surface area contributed by atoms with E-state index < -0.39 is 0 Å². The molecule has 0 atom stereocenters. The van der Waals surface area contributed by atoms with Gasteiger partial charge >= 0.3 is 0 Å².